The summed E-state index contributed by atoms with van der Waals surface area (Å²) < 4.78 is 0. The second-order valence-electron chi connectivity index (χ2n) is 4.43. The van der Waals surface area contributed by atoms with Gasteiger partial charge in [-0.3, -0.25) is 4.79 Å². The smallest absolute Gasteiger partial charge is 0.315 e. The van der Waals surface area contributed by atoms with E-state index in [2.05, 4.69) is 10.6 Å². The summed E-state index contributed by atoms with van der Waals surface area (Å²) in [6.07, 6.45) is 3.52. The van der Waals surface area contributed by atoms with Gasteiger partial charge in [-0.2, -0.15) is 0 Å². The SMILES string of the molecule is NCCCNC(=O)NC1CCC(C(=O)O)CC1. The zero-order valence-corrected chi connectivity index (χ0v) is 9.95. The van der Waals surface area contributed by atoms with Crippen LogP contribution in [0.1, 0.15) is 32.1 Å². The monoisotopic (exact) mass is 243 g/mol. The fraction of sp³-hybridized carbons (Fsp3) is 0.818. The third kappa shape index (κ3) is 5.04. The van der Waals surface area contributed by atoms with E-state index >= 15 is 0 Å². The number of urea groups is 1. The molecule has 0 heterocycles. The molecule has 6 nitrogen and oxygen atoms in total. The molecular formula is C11H21N3O3. The molecule has 0 radical (unpaired) electrons. The Bertz CT molecular complexity index is 263. The molecular weight excluding hydrogens is 222 g/mol. The van der Waals surface area contributed by atoms with Crippen molar-refractivity contribution in [2.75, 3.05) is 13.1 Å². The Balaban J connectivity index is 2.17. The van der Waals surface area contributed by atoms with Gasteiger partial charge < -0.3 is 21.5 Å². The van der Waals surface area contributed by atoms with E-state index in [1.165, 1.54) is 0 Å². The van der Waals surface area contributed by atoms with Crippen molar-refractivity contribution < 1.29 is 14.7 Å². The summed E-state index contributed by atoms with van der Waals surface area (Å²) in [6, 6.07) is -0.0827. The van der Waals surface area contributed by atoms with E-state index in [9.17, 15) is 9.59 Å². The minimum absolute atomic E-state index is 0.100. The summed E-state index contributed by atoms with van der Waals surface area (Å²) in [5.74, 6) is -0.968. The Kier molecular flexibility index (Phi) is 5.76. The molecule has 1 saturated carbocycles. The lowest BCUT2D eigenvalue weighted by Gasteiger charge is -2.26. The van der Waals surface area contributed by atoms with Crippen molar-refractivity contribution in [3.8, 4) is 0 Å². The maximum Gasteiger partial charge on any atom is 0.315 e. The molecule has 98 valence electrons. The number of carboxylic acid groups (broad SMARTS) is 1. The van der Waals surface area contributed by atoms with Crippen LogP contribution in [0.15, 0.2) is 0 Å². The van der Waals surface area contributed by atoms with Crippen molar-refractivity contribution in [2.24, 2.45) is 11.7 Å². The fourth-order valence-electron chi connectivity index (χ4n) is 2.03. The van der Waals surface area contributed by atoms with Crippen LogP contribution in [-0.2, 0) is 4.79 Å². The maximum absolute atomic E-state index is 11.4. The van der Waals surface area contributed by atoms with Crippen LogP contribution in [-0.4, -0.2) is 36.2 Å². The first-order chi connectivity index (χ1) is 8.13. The number of rotatable bonds is 5. The topological polar surface area (TPSA) is 104 Å². The molecule has 0 atom stereocenters. The van der Waals surface area contributed by atoms with E-state index in [4.69, 9.17) is 10.8 Å². The lowest BCUT2D eigenvalue weighted by atomic mass is 9.86. The van der Waals surface area contributed by atoms with Crippen LogP contribution in [0.3, 0.4) is 0 Å². The molecule has 0 aromatic heterocycles. The number of hydrogen-bond donors (Lipinski definition) is 4. The molecule has 0 bridgehead atoms. The van der Waals surface area contributed by atoms with Crippen molar-refractivity contribution in [1.82, 2.24) is 10.6 Å². The van der Waals surface area contributed by atoms with Crippen molar-refractivity contribution >= 4 is 12.0 Å². The molecule has 1 rings (SSSR count). The first-order valence-electron chi connectivity index (χ1n) is 6.10. The molecule has 0 aromatic carbocycles. The molecule has 1 aliphatic carbocycles. The first kappa shape index (κ1) is 13.8. The predicted molar refractivity (Wildman–Crippen MR) is 63.6 cm³/mol. The fourth-order valence-corrected chi connectivity index (χ4v) is 2.03. The quantitative estimate of drug-likeness (QED) is 0.520. The van der Waals surface area contributed by atoms with Crippen molar-refractivity contribution in [1.29, 1.82) is 0 Å². The van der Waals surface area contributed by atoms with Gasteiger partial charge in [-0.25, -0.2) is 4.79 Å². The second-order valence-corrected chi connectivity index (χ2v) is 4.43. The number of aliphatic carboxylic acids is 1. The zero-order valence-electron chi connectivity index (χ0n) is 9.95. The van der Waals surface area contributed by atoms with Crippen molar-refractivity contribution in [3.63, 3.8) is 0 Å². The van der Waals surface area contributed by atoms with Gasteiger partial charge in [0.25, 0.3) is 0 Å². The van der Waals surface area contributed by atoms with E-state index < -0.39 is 5.97 Å². The summed E-state index contributed by atoms with van der Waals surface area (Å²) in [4.78, 5) is 22.2. The Hall–Kier alpha value is -1.30. The molecule has 0 unspecified atom stereocenters. The van der Waals surface area contributed by atoms with Crippen LogP contribution in [0.25, 0.3) is 0 Å². The van der Waals surface area contributed by atoms with Gasteiger partial charge in [0.05, 0.1) is 5.92 Å². The average molecular weight is 243 g/mol. The number of carboxylic acids is 1. The normalized spacial score (nSPS) is 24.1. The van der Waals surface area contributed by atoms with Gasteiger partial charge in [-0.05, 0) is 38.6 Å². The number of hydrogen-bond acceptors (Lipinski definition) is 3. The molecule has 17 heavy (non-hydrogen) atoms. The van der Waals surface area contributed by atoms with Crippen molar-refractivity contribution in [3.05, 3.63) is 0 Å². The largest absolute Gasteiger partial charge is 0.481 e. The molecule has 5 N–H and O–H groups in total. The minimum atomic E-state index is -0.726. The summed E-state index contributed by atoms with van der Waals surface area (Å²) in [5, 5.41) is 14.4. The molecule has 1 fully saturated rings. The Morgan fingerprint density at radius 1 is 1.24 bits per heavy atom. The van der Waals surface area contributed by atoms with Gasteiger partial charge in [-0.15, -0.1) is 0 Å². The molecule has 1 aliphatic rings. The average Bonchev–Trinajstić information content (AvgIpc) is 2.30. The van der Waals surface area contributed by atoms with Gasteiger partial charge in [0.1, 0.15) is 0 Å². The van der Waals surface area contributed by atoms with Gasteiger partial charge >= 0.3 is 12.0 Å². The van der Waals surface area contributed by atoms with E-state index in [1.54, 1.807) is 0 Å². The van der Waals surface area contributed by atoms with Crippen LogP contribution >= 0.6 is 0 Å². The predicted octanol–water partition coefficient (Wildman–Crippen LogP) is 0.278. The summed E-state index contributed by atoms with van der Waals surface area (Å²) in [6.45, 7) is 1.14. The van der Waals surface area contributed by atoms with Crippen molar-refractivity contribution in [2.45, 2.75) is 38.1 Å². The number of carbonyl (C=O) groups excluding carboxylic acids is 1. The van der Waals surface area contributed by atoms with Gasteiger partial charge in [0.15, 0.2) is 0 Å². The Labute approximate surface area is 101 Å². The Morgan fingerprint density at radius 2 is 1.88 bits per heavy atom. The molecule has 0 aliphatic heterocycles. The van der Waals surface area contributed by atoms with Crippen LogP contribution in [0.5, 0.6) is 0 Å². The highest BCUT2D eigenvalue weighted by molar-refractivity contribution is 5.74. The number of carbonyl (C=O) groups is 2. The van der Waals surface area contributed by atoms with Gasteiger partial charge in [-0.1, -0.05) is 0 Å². The Morgan fingerprint density at radius 3 is 2.41 bits per heavy atom. The molecule has 2 amide bonds. The number of nitrogens with one attached hydrogen (secondary N) is 2. The number of nitrogens with two attached hydrogens (primary N) is 1. The molecule has 0 aromatic rings. The zero-order chi connectivity index (χ0) is 12.7. The highest BCUT2D eigenvalue weighted by Crippen LogP contribution is 2.24. The summed E-state index contributed by atoms with van der Waals surface area (Å²) in [7, 11) is 0. The van der Waals surface area contributed by atoms with Gasteiger partial charge in [0.2, 0.25) is 0 Å². The number of amides is 2. The van der Waals surface area contributed by atoms with E-state index in [0.717, 1.165) is 19.3 Å². The molecule has 6 heteroatoms. The lowest BCUT2D eigenvalue weighted by molar-refractivity contribution is -0.142. The van der Waals surface area contributed by atoms with E-state index in [1.807, 2.05) is 0 Å². The van der Waals surface area contributed by atoms with Crippen LogP contribution in [0, 0.1) is 5.92 Å². The highest BCUT2D eigenvalue weighted by atomic mass is 16.4. The summed E-state index contributed by atoms with van der Waals surface area (Å²) >= 11 is 0. The molecule has 0 spiro atoms. The minimum Gasteiger partial charge on any atom is -0.481 e. The van der Waals surface area contributed by atoms with E-state index in [-0.39, 0.29) is 18.0 Å². The maximum atomic E-state index is 11.4. The third-order valence-electron chi connectivity index (χ3n) is 3.08. The first-order valence-corrected chi connectivity index (χ1v) is 6.10. The van der Waals surface area contributed by atoms with Crippen LogP contribution < -0.4 is 16.4 Å². The third-order valence-corrected chi connectivity index (χ3v) is 3.08. The standard InChI is InChI=1S/C11H21N3O3/c12-6-1-7-13-11(17)14-9-4-2-8(3-5-9)10(15)16/h8-9H,1-7,12H2,(H,15,16)(H2,13,14,17). The van der Waals surface area contributed by atoms with Crippen LogP contribution in [0.2, 0.25) is 0 Å². The highest BCUT2D eigenvalue weighted by Gasteiger charge is 2.26. The lowest BCUT2D eigenvalue weighted by Crippen LogP contribution is -2.44. The van der Waals surface area contributed by atoms with E-state index in [0.29, 0.717) is 25.9 Å². The van der Waals surface area contributed by atoms with Crippen LogP contribution in [0.4, 0.5) is 4.79 Å². The summed E-state index contributed by atoms with van der Waals surface area (Å²) in [5.41, 5.74) is 5.32. The molecule has 0 saturated heterocycles. The van der Waals surface area contributed by atoms with Gasteiger partial charge in [0, 0.05) is 12.6 Å². The second kappa shape index (κ2) is 7.11.